The van der Waals surface area contributed by atoms with Crippen LogP contribution < -0.4 is 14.8 Å². The molecule has 6 nitrogen and oxygen atoms in total. The summed E-state index contributed by atoms with van der Waals surface area (Å²) in [5, 5.41) is 14.4. The molecular weight excluding hydrogens is 386 g/mol. The van der Waals surface area contributed by atoms with Gasteiger partial charge >= 0.3 is 0 Å². The second kappa shape index (κ2) is 10.3. The van der Waals surface area contributed by atoms with E-state index >= 15 is 0 Å². The van der Waals surface area contributed by atoms with Crippen LogP contribution in [0.25, 0.3) is 0 Å². The number of nitrogens with one attached hydrogen (secondary N) is 1. The predicted octanol–water partition coefficient (Wildman–Crippen LogP) is 3.92. The van der Waals surface area contributed by atoms with Gasteiger partial charge in [0.15, 0.2) is 0 Å². The molecule has 0 unspecified atom stereocenters. The molecule has 0 atom stereocenters. The summed E-state index contributed by atoms with van der Waals surface area (Å²) in [6.07, 6.45) is 4.30. The average Bonchev–Trinajstić information content (AvgIpc) is 3.19. The van der Waals surface area contributed by atoms with Crippen molar-refractivity contribution in [2.45, 2.75) is 25.7 Å². The predicted molar refractivity (Wildman–Crippen MR) is 115 cm³/mol. The molecule has 154 valence electrons. The van der Waals surface area contributed by atoms with Crippen molar-refractivity contribution in [3.05, 3.63) is 40.8 Å². The van der Waals surface area contributed by atoms with Crippen LogP contribution in [-0.2, 0) is 11.2 Å². The SMILES string of the molecule is COc1cc(CCC2CCN(CC(=O)Nc3sccc3C#N)CC2)cc(OC)c1. The number of thiophene rings is 1. The standard InChI is InChI=1S/C22H27N3O3S/c1-27-19-11-17(12-20(13-19)28-2)4-3-16-5-8-25(9-6-16)15-21(26)24-22-18(14-23)7-10-29-22/h7,10-13,16H,3-6,8-9,15H2,1-2H3,(H,24,26). The molecule has 0 saturated carbocycles. The number of nitriles is 1. The fourth-order valence-corrected chi connectivity index (χ4v) is 4.43. The van der Waals surface area contributed by atoms with E-state index in [1.54, 1.807) is 20.3 Å². The van der Waals surface area contributed by atoms with Gasteiger partial charge in [-0.1, -0.05) is 0 Å². The van der Waals surface area contributed by atoms with Gasteiger partial charge in [-0.25, -0.2) is 0 Å². The van der Waals surface area contributed by atoms with Gasteiger partial charge in [-0.05, 0) is 73.8 Å². The number of hydrogen-bond donors (Lipinski definition) is 1. The summed E-state index contributed by atoms with van der Waals surface area (Å²) in [4.78, 5) is 14.5. The molecule has 0 radical (unpaired) electrons. The van der Waals surface area contributed by atoms with E-state index in [0.29, 0.717) is 23.0 Å². The Labute approximate surface area is 176 Å². The maximum absolute atomic E-state index is 12.3. The van der Waals surface area contributed by atoms with Crippen LogP contribution in [0.2, 0.25) is 0 Å². The number of aryl methyl sites for hydroxylation is 1. The van der Waals surface area contributed by atoms with Gasteiger partial charge in [0, 0.05) is 6.07 Å². The molecule has 1 aliphatic rings. The minimum atomic E-state index is -0.0501. The van der Waals surface area contributed by atoms with Crippen LogP contribution in [0.5, 0.6) is 11.5 Å². The number of methoxy groups -OCH3 is 2. The van der Waals surface area contributed by atoms with Crippen molar-refractivity contribution in [1.82, 2.24) is 4.90 Å². The van der Waals surface area contributed by atoms with Crippen molar-refractivity contribution in [2.24, 2.45) is 5.92 Å². The zero-order valence-electron chi connectivity index (χ0n) is 16.9. The van der Waals surface area contributed by atoms with E-state index in [4.69, 9.17) is 14.7 Å². The third-order valence-electron chi connectivity index (χ3n) is 5.37. The molecule has 0 aliphatic carbocycles. The van der Waals surface area contributed by atoms with E-state index in [1.807, 2.05) is 11.4 Å². The molecule has 7 heteroatoms. The van der Waals surface area contributed by atoms with Gasteiger partial charge in [-0.2, -0.15) is 5.26 Å². The van der Waals surface area contributed by atoms with Gasteiger partial charge in [-0.15, -0.1) is 11.3 Å². The van der Waals surface area contributed by atoms with E-state index in [0.717, 1.165) is 50.3 Å². The molecule has 1 fully saturated rings. The first-order valence-electron chi connectivity index (χ1n) is 9.83. The van der Waals surface area contributed by atoms with Gasteiger partial charge in [0.25, 0.3) is 0 Å². The summed E-state index contributed by atoms with van der Waals surface area (Å²) < 4.78 is 10.7. The number of amides is 1. The van der Waals surface area contributed by atoms with Crippen LogP contribution in [0.3, 0.4) is 0 Å². The molecule has 0 bridgehead atoms. The quantitative estimate of drug-likeness (QED) is 0.710. The largest absolute Gasteiger partial charge is 0.497 e. The van der Waals surface area contributed by atoms with Crippen LogP contribution >= 0.6 is 11.3 Å². The first-order chi connectivity index (χ1) is 14.1. The second-order valence-corrected chi connectivity index (χ2v) is 8.22. The fourth-order valence-electron chi connectivity index (χ4n) is 3.68. The Kier molecular flexibility index (Phi) is 7.50. The Morgan fingerprint density at radius 3 is 2.55 bits per heavy atom. The summed E-state index contributed by atoms with van der Waals surface area (Å²) in [7, 11) is 3.34. The number of hydrogen-bond acceptors (Lipinski definition) is 6. The van der Waals surface area contributed by atoms with Crippen molar-refractivity contribution in [1.29, 1.82) is 5.26 Å². The fraction of sp³-hybridized carbons (Fsp3) is 0.455. The van der Waals surface area contributed by atoms with Gasteiger partial charge in [0.05, 0.1) is 26.3 Å². The normalized spacial score (nSPS) is 14.9. The van der Waals surface area contributed by atoms with Gasteiger partial charge in [-0.3, -0.25) is 9.69 Å². The topological polar surface area (TPSA) is 74.6 Å². The van der Waals surface area contributed by atoms with Crippen LogP contribution in [0.15, 0.2) is 29.6 Å². The molecule has 2 aromatic rings. The smallest absolute Gasteiger partial charge is 0.239 e. The summed E-state index contributed by atoms with van der Waals surface area (Å²) in [5.41, 5.74) is 1.75. The van der Waals surface area contributed by atoms with Crippen molar-refractivity contribution in [3.8, 4) is 17.6 Å². The number of rotatable bonds is 8. The second-order valence-electron chi connectivity index (χ2n) is 7.30. The highest BCUT2D eigenvalue weighted by atomic mass is 32.1. The van der Waals surface area contributed by atoms with E-state index < -0.39 is 0 Å². The number of piperidine rings is 1. The van der Waals surface area contributed by atoms with E-state index in [2.05, 4.69) is 28.4 Å². The molecule has 1 amide bonds. The van der Waals surface area contributed by atoms with E-state index in [9.17, 15) is 4.79 Å². The highest BCUT2D eigenvalue weighted by Crippen LogP contribution is 2.27. The molecule has 1 saturated heterocycles. The molecule has 1 N–H and O–H groups in total. The van der Waals surface area contributed by atoms with Crippen LogP contribution in [0.1, 0.15) is 30.4 Å². The Morgan fingerprint density at radius 2 is 1.93 bits per heavy atom. The lowest BCUT2D eigenvalue weighted by molar-refractivity contribution is -0.117. The monoisotopic (exact) mass is 413 g/mol. The zero-order valence-corrected chi connectivity index (χ0v) is 17.8. The summed E-state index contributed by atoms with van der Waals surface area (Å²) in [6.45, 7) is 2.23. The average molecular weight is 414 g/mol. The lowest BCUT2D eigenvalue weighted by Crippen LogP contribution is -2.39. The first-order valence-corrected chi connectivity index (χ1v) is 10.7. The molecule has 0 spiro atoms. The lowest BCUT2D eigenvalue weighted by atomic mass is 9.90. The molecule has 29 heavy (non-hydrogen) atoms. The number of ether oxygens (including phenoxy) is 2. The number of carbonyl (C=O) groups is 1. The maximum Gasteiger partial charge on any atom is 0.239 e. The number of nitrogens with zero attached hydrogens (tertiary/aromatic N) is 2. The third-order valence-corrected chi connectivity index (χ3v) is 6.20. The number of carbonyl (C=O) groups excluding carboxylic acids is 1. The Hall–Kier alpha value is -2.56. The maximum atomic E-state index is 12.3. The molecule has 3 rings (SSSR count). The van der Waals surface area contributed by atoms with Crippen molar-refractivity contribution < 1.29 is 14.3 Å². The molecule has 1 aromatic heterocycles. The zero-order chi connectivity index (χ0) is 20.6. The first kappa shape index (κ1) is 21.2. The summed E-state index contributed by atoms with van der Waals surface area (Å²) >= 11 is 1.38. The summed E-state index contributed by atoms with van der Waals surface area (Å²) in [5.74, 6) is 2.26. The van der Waals surface area contributed by atoms with Gasteiger partial charge < -0.3 is 14.8 Å². The minimum absolute atomic E-state index is 0.0501. The van der Waals surface area contributed by atoms with Crippen molar-refractivity contribution in [3.63, 3.8) is 0 Å². The molecule has 1 aliphatic heterocycles. The molecular formula is C22H27N3O3S. The van der Waals surface area contributed by atoms with Crippen molar-refractivity contribution >= 4 is 22.2 Å². The van der Waals surface area contributed by atoms with E-state index in [1.165, 1.54) is 16.9 Å². The van der Waals surface area contributed by atoms with E-state index in [-0.39, 0.29) is 5.91 Å². The van der Waals surface area contributed by atoms with Crippen LogP contribution in [0.4, 0.5) is 5.00 Å². The van der Waals surface area contributed by atoms with Crippen molar-refractivity contribution in [2.75, 3.05) is 39.2 Å². The van der Waals surface area contributed by atoms with Gasteiger partial charge in [0.1, 0.15) is 22.6 Å². The Bertz CT molecular complexity index is 844. The Morgan fingerprint density at radius 1 is 1.24 bits per heavy atom. The Balaban J connectivity index is 1.42. The lowest BCUT2D eigenvalue weighted by Gasteiger charge is -2.31. The number of benzene rings is 1. The van der Waals surface area contributed by atoms with Gasteiger partial charge in [0.2, 0.25) is 5.91 Å². The highest BCUT2D eigenvalue weighted by Gasteiger charge is 2.21. The van der Waals surface area contributed by atoms with Crippen LogP contribution in [-0.4, -0.2) is 44.7 Å². The third kappa shape index (κ3) is 5.96. The molecule has 1 aromatic carbocycles. The number of likely N-dealkylation sites (tertiary alicyclic amines) is 1. The summed E-state index contributed by atoms with van der Waals surface area (Å²) in [6, 6.07) is 9.86. The number of anilines is 1. The highest BCUT2D eigenvalue weighted by molar-refractivity contribution is 7.14. The molecule has 2 heterocycles. The van der Waals surface area contributed by atoms with Crippen LogP contribution in [0, 0.1) is 17.2 Å². The minimum Gasteiger partial charge on any atom is -0.497 e.